The van der Waals surface area contributed by atoms with Gasteiger partial charge in [0.1, 0.15) is 0 Å². The van der Waals surface area contributed by atoms with Gasteiger partial charge in [-0.1, -0.05) is 6.42 Å². The zero-order chi connectivity index (χ0) is 8.48. The molecule has 1 aliphatic carbocycles. The van der Waals surface area contributed by atoms with E-state index in [1.54, 1.807) is 6.92 Å². The molecule has 0 bridgehead atoms. The maximum atomic E-state index is 10.3. The predicted molar refractivity (Wildman–Crippen MR) is 40.2 cm³/mol. The maximum Gasteiger partial charge on any atom is 0.303 e. The summed E-state index contributed by atoms with van der Waals surface area (Å²) in [5.41, 5.74) is -0.738. The molecule has 0 aromatic rings. The van der Waals surface area contributed by atoms with Gasteiger partial charge in [-0.05, 0) is 25.7 Å². The molecule has 1 saturated carbocycles. The molecule has 0 spiro atoms. The van der Waals surface area contributed by atoms with Crippen LogP contribution in [0.3, 0.4) is 0 Å². The summed E-state index contributed by atoms with van der Waals surface area (Å²) in [6.45, 7) is 1.73. The molecule has 0 radical (unpaired) electrons. The van der Waals surface area contributed by atoms with Crippen molar-refractivity contribution in [3.63, 3.8) is 0 Å². The molecule has 64 valence electrons. The first-order valence-corrected chi connectivity index (χ1v) is 3.96. The van der Waals surface area contributed by atoms with Gasteiger partial charge in [0.15, 0.2) is 0 Å². The van der Waals surface area contributed by atoms with Crippen LogP contribution in [-0.4, -0.2) is 21.8 Å². The van der Waals surface area contributed by atoms with Crippen LogP contribution in [0.1, 0.15) is 32.6 Å². The van der Waals surface area contributed by atoms with Crippen molar-refractivity contribution in [1.82, 2.24) is 0 Å². The van der Waals surface area contributed by atoms with E-state index in [0.717, 1.165) is 19.3 Å². The first-order valence-electron chi connectivity index (χ1n) is 3.96. The molecule has 0 saturated heterocycles. The lowest BCUT2D eigenvalue weighted by Gasteiger charge is -2.23. The van der Waals surface area contributed by atoms with Crippen molar-refractivity contribution in [2.24, 2.45) is 5.92 Å². The van der Waals surface area contributed by atoms with Gasteiger partial charge in [0.25, 0.3) is 0 Å². The van der Waals surface area contributed by atoms with E-state index in [4.69, 9.17) is 5.11 Å². The molecule has 0 aliphatic heterocycles. The largest absolute Gasteiger partial charge is 0.481 e. The van der Waals surface area contributed by atoms with Gasteiger partial charge in [-0.25, -0.2) is 0 Å². The fraction of sp³-hybridized carbons (Fsp3) is 0.875. The molecule has 0 aromatic heterocycles. The summed E-state index contributed by atoms with van der Waals surface area (Å²) in [7, 11) is 0. The van der Waals surface area contributed by atoms with Crippen molar-refractivity contribution in [2.45, 2.75) is 38.2 Å². The second kappa shape index (κ2) is 2.81. The van der Waals surface area contributed by atoms with Gasteiger partial charge < -0.3 is 10.2 Å². The summed E-state index contributed by atoms with van der Waals surface area (Å²) in [5, 5.41) is 18.1. The molecule has 1 fully saturated rings. The molecule has 0 unspecified atom stereocenters. The fourth-order valence-electron chi connectivity index (χ4n) is 1.75. The number of hydrogen-bond acceptors (Lipinski definition) is 2. The Labute approximate surface area is 66.0 Å². The zero-order valence-electron chi connectivity index (χ0n) is 6.71. The van der Waals surface area contributed by atoms with Crippen LogP contribution in [-0.2, 0) is 4.79 Å². The smallest absolute Gasteiger partial charge is 0.303 e. The Morgan fingerprint density at radius 3 is 2.73 bits per heavy atom. The molecule has 11 heavy (non-hydrogen) atoms. The number of hydrogen-bond donors (Lipinski definition) is 2. The van der Waals surface area contributed by atoms with Crippen LogP contribution in [0.4, 0.5) is 0 Å². The molecule has 3 nitrogen and oxygen atoms in total. The number of aliphatic hydroxyl groups is 1. The van der Waals surface area contributed by atoms with Crippen molar-refractivity contribution >= 4 is 5.97 Å². The average molecular weight is 158 g/mol. The minimum absolute atomic E-state index is 0.0417. The average Bonchev–Trinajstić information content (AvgIpc) is 2.10. The second-order valence-corrected chi connectivity index (χ2v) is 3.54. The van der Waals surface area contributed by atoms with Gasteiger partial charge in [0, 0.05) is 0 Å². The highest BCUT2D eigenvalue weighted by Crippen LogP contribution is 2.37. The molecule has 1 rings (SSSR count). The van der Waals surface area contributed by atoms with Crippen LogP contribution in [0.5, 0.6) is 0 Å². The standard InChI is InChI=1S/C8H14O3/c1-8(11)4-2-3-6(8)5-7(9)10/h6,11H,2-5H2,1H3,(H,9,10)/t6-,8+/m0/s1. The van der Waals surface area contributed by atoms with Crippen LogP contribution >= 0.6 is 0 Å². The van der Waals surface area contributed by atoms with Crippen LogP contribution in [0.25, 0.3) is 0 Å². The lowest BCUT2D eigenvalue weighted by Crippen LogP contribution is -2.30. The van der Waals surface area contributed by atoms with E-state index in [1.807, 2.05) is 0 Å². The van der Waals surface area contributed by atoms with Crippen molar-refractivity contribution < 1.29 is 15.0 Å². The van der Waals surface area contributed by atoms with E-state index in [2.05, 4.69) is 0 Å². The highest BCUT2D eigenvalue weighted by molar-refractivity contribution is 5.67. The fourth-order valence-corrected chi connectivity index (χ4v) is 1.75. The van der Waals surface area contributed by atoms with Gasteiger partial charge >= 0.3 is 5.97 Å². The first kappa shape index (κ1) is 8.53. The molecule has 0 aromatic carbocycles. The third-order valence-electron chi connectivity index (χ3n) is 2.54. The summed E-state index contributed by atoms with van der Waals surface area (Å²) in [6.07, 6.45) is 2.64. The highest BCUT2D eigenvalue weighted by atomic mass is 16.4. The quantitative estimate of drug-likeness (QED) is 0.630. The monoisotopic (exact) mass is 158 g/mol. The van der Waals surface area contributed by atoms with Gasteiger partial charge in [-0.3, -0.25) is 4.79 Å². The Hall–Kier alpha value is -0.570. The van der Waals surface area contributed by atoms with Crippen LogP contribution in [0, 0.1) is 5.92 Å². The molecule has 3 heteroatoms. The minimum Gasteiger partial charge on any atom is -0.481 e. The van der Waals surface area contributed by atoms with Gasteiger partial charge in [-0.15, -0.1) is 0 Å². The van der Waals surface area contributed by atoms with E-state index in [1.165, 1.54) is 0 Å². The van der Waals surface area contributed by atoms with E-state index >= 15 is 0 Å². The minimum atomic E-state index is -0.808. The molecular weight excluding hydrogens is 144 g/mol. The Morgan fingerprint density at radius 2 is 2.36 bits per heavy atom. The molecule has 2 N–H and O–H groups in total. The molecule has 1 aliphatic rings. The highest BCUT2D eigenvalue weighted by Gasteiger charge is 2.37. The van der Waals surface area contributed by atoms with Crippen molar-refractivity contribution in [3.05, 3.63) is 0 Å². The molecule has 2 atom stereocenters. The first-order chi connectivity index (χ1) is 5.02. The zero-order valence-corrected chi connectivity index (χ0v) is 6.71. The number of carboxylic acids is 1. The Balaban J connectivity index is 2.51. The summed E-state index contributed by atoms with van der Waals surface area (Å²) in [4.78, 5) is 10.3. The maximum absolute atomic E-state index is 10.3. The van der Waals surface area contributed by atoms with Crippen LogP contribution in [0.2, 0.25) is 0 Å². The normalized spacial score (nSPS) is 37.5. The lowest BCUT2D eigenvalue weighted by atomic mass is 9.90. The Bertz CT molecular complexity index is 163. The summed E-state index contributed by atoms with van der Waals surface area (Å²) in [5.74, 6) is -0.850. The van der Waals surface area contributed by atoms with Crippen LogP contribution < -0.4 is 0 Å². The SMILES string of the molecule is C[C@@]1(O)CCC[C@H]1CC(=O)O. The predicted octanol–water partition coefficient (Wildman–Crippen LogP) is 1.01. The molecule has 0 amide bonds. The summed E-state index contributed by atoms with van der Waals surface area (Å²) >= 11 is 0. The molecular formula is C8H14O3. The van der Waals surface area contributed by atoms with Gasteiger partial charge in [0.2, 0.25) is 0 Å². The van der Waals surface area contributed by atoms with Crippen molar-refractivity contribution in [3.8, 4) is 0 Å². The second-order valence-electron chi connectivity index (χ2n) is 3.54. The van der Waals surface area contributed by atoms with Gasteiger partial charge in [-0.2, -0.15) is 0 Å². The van der Waals surface area contributed by atoms with E-state index in [9.17, 15) is 9.90 Å². The number of rotatable bonds is 2. The van der Waals surface area contributed by atoms with E-state index in [-0.39, 0.29) is 12.3 Å². The molecule has 0 heterocycles. The number of carboxylic acid groups (broad SMARTS) is 1. The summed E-state index contributed by atoms with van der Waals surface area (Å²) in [6, 6.07) is 0. The summed E-state index contributed by atoms with van der Waals surface area (Å²) < 4.78 is 0. The Kier molecular flexibility index (Phi) is 2.18. The topological polar surface area (TPSA) is 57.5 Å². The van der Waals surface area contributed by atoms with Gasteiger partial charge in [0.05, 0.1) is 12.0 Å². The van der Waals surface area contributed by atoms with Crippen molar-refractivity contribution in [1.29, 1.82) is 0 Å². The third-order valence-corrected chi connectivity index (χ3v) is 2.54. The van der Waals surface area contributed by atoms with E-state index in [0.29, 0.717) is 0 Å². The van der Waals surface area contributed by atoms with Crippen LogP contribution in [0.15, 0.2) is 0 Å². The number of carbonyl (C=O) groups is 1. The van der Waals surface area contributed by atoms with Crippen molar-refractivity contribution in [2.75, 3.05) is 0 Å². The Morgan fingerprint density at radius 1 is 1.73 bits per heavy atom. The lowest BCUT2D eigenvalue weighted by molar-refractivity contribution is -0.140. The third kappa shape index (κ3) is 1.93. The number of aliphatic carboxylic acids is 1. The van der Waals surface area contributed by atoms with E-state index < -0.39 is 11.6 Å².